The van der Waals surface area contributed by atoms with Crippen LogP contribution in [0.25, 0.3) is 33.2 Å². The lowest BCUT2D eigenvalue weighted by Gasteiger charge is -2.34. The van der Waals surface area contributed by atoms with Crippen LogP contribution in [-0.4, -0.2) is 48.4 Å². The van der Waals surface area contributed by atoms with Crippen LogP contribution in [0.2, 0.25) is 0 Å². The Balaban J connectivity index is 1.66. The summed E-state index contributed by atoms with van der Waals surface area (Å²) in [6.07, 6.45) is 4.31. The van der Waals surface area contributed by atoms with Crippen molar-refractivity contribution in [2.45, 2.75) is 32.7 Å². The molecule has 10 heteroatoms. The van der Waals surface area contributed by atoms with Crippen molar-refractivity contribution < 1.29 is 4.79 Å². The first-order chi connectivity index (χ1) is 16.3. The highest BCUT2D eigenvalue weighted by Gasteiger charge is 2.28. The van der Waals surface area contributed by atoms with Crippen LogP contribution in [-0.2, 0) is 4.79 Å². The standard InChI is InChI=1S/C24H25N7O3/c1-13(2)23(33)30-9-7-15(8-10-30)31-21-16(22(32)29-24(31)34)12-26-18-5-4-17(28-20(18)21)14-3-6-19(25)27-11-14/h3-6,11-13,15H,7-10H2,1-2H3,(H2,25,27)(H,29,32,34). The molecule has 1 fully saturated rings. The van der Waals surface area contributed by atoms with E-state index in [-0.39, 0.29) is 17.9 Å². The summed E-state index contributed by atoms with van der Waals surface area (Å²) < 4.78 is 1.62. The first-order valence-electron chi connectivity index (χ1n) is 11.3. The zero-order valence-electron chi connectivity index (χ0n) is 19.0. The van der Waals surface area contributed by atoms with Crippen molar-refractivity contribution in [1.29, 1.82) is 0 Å². The van der Waals surface area contributed by atoms with E-state index < -0.39 is 11.2 Å². The summed E-state index contributed by atoms with van der Waals surface area (Å²) >= 11 is 0. The minimum atomic E-state index is -0.501. The molecule has 0 saturated carbocycles. The highest BCUT2D eigenvalue weighted by atomic mass is 16.2. The average molecular weight is 460 g/mol. The summed E-state index contributed by atoms with van der Waals surface area (Å²) in [6.45, 7) is 4.86. The number of carbonyl (C=O) groups excluding carboxylic acids is 1. The number of fused-ring (bicyclic) bond motifs is 3. The zero-order valence-corrected chi connectivity index (χ0v) is 19.0. The fraction of sp³-hybridized carbons (Fsp3) is 0.333. The SMILES string of the molecule is CC(C)C(=O)N1CCC(n2c(=O)[nH]c(=O)c3cnc4ccc(-c5ccc(N)nc5)nc4c32)CC1. The number of anilines is 1. The molecule has 1 aliphatic rings. The van der Waals surface area contributed by atoms with E-state index in [1.165, 1.54) is 6.20 Å². The predicted octanol–water partition coefficient (Wildman–Crippen LogP) is 2.10. The lowest BCUT2D eigenvalue weighted by molar-refractivity contribution is -0.135. The van der Waals surface area contributed by atoms with Crippen molar-refractivity contribution in [2.75, 3.05) is 18.8 Å². The minimum Gasteiger partial charge on any atom is -0.384 e. The molecule has 5 heterocycles. The Kier molecular flexibility index (Phi) is 5.35. The zero-order chi connectivity index (χ0) is 24.0. The molecule has 5 rings (SSSR count). The van der Waals surface area contributed by atoms with E-state index in [4.69, 9.17) is 10.7 Å². The molecule has 1 amide bonds. The predicted molar refractivity (Wildman–Crippen MR) is 129 cm³/mol. The van der Waals surface area contributed by atoms with Gasteiger partial charge in [0, 0.05) is 43.0 Å². The molecule has 0 radical (unpaired) electrons. The fourth-order valence-electron chi connectivity index (χ4n) is 4.56. The van der Waals surface area contributed by atoms with Crippen molar-refractivity contribution in [3.8, 4) is 11.3 Å². The molecule has 1 saturated heterocycles. The van der Waals surface area contributed by atoms with Crippen molar-refractivity contribution in [1.82, 2.24) is 29.4 Å². The molecule has 174 valence electrons. The number of nitrogen functional groups attached to an aromatic ring is 1. The quantitative estimate of drug-likeness (QED) is 0.447. The van der Waals surface area contributed by atoms with Gasteiger partial charge in [-0.1, -0.05) is 13.8 Å². The van der Waals surface area contributed by atoms with E-state index in [1.807, 2.05) is 36.9 Å². The molecule has 0 atom stereocenters. The molecule has 1 aliphatic heterocycles. The molecule has 34 heavy (non-hydrogen) atoms. The van der Waals surface area contributed by atoms with E-state index >= 15 is 0 Å². The lowest BCUT2D eigenvalue weighted by atomic mass is 10.0. The van der Waals surface area contributed by atoms with Gasteiger partial charge >= 0.3 is 5.69 Å². The van der Waals surface area contributed by atoms with Crippen molar-refractivity contribution in [3.63, 3.8) is 0 Å². The first kappa shape index (κ1) is 21.7. The van der Waals surface area contributed by atoms with E-state index in [2.05, 4.69) is 15.0 Å². The van der Waals surface area contributed by atoms with Crippen LogP contribution in [0.1, 0.15) is 32.7 Å². The largest absolute Gasteiger partial charge is 0.384 e. The van der Waals surface area contributed by atoms with Gasteiger partial charge in [-0.2, -0.15) is 0 Å². The molecule has 0 unspecified atom stereocenters. The van der Waals surface area contributed by atoms with Crippen LogP contribution >= 0.6 is 0 Å². The molecule has 0 aliphatic carbocycles. The third-order valence-corrected chi connectivity index (χ3v) is 6.33. The molecule has 10 nitrogen and oxygen atoms in total. The van der Waals surface area contributed by atoms with Gasteiger partial charge in [-0.25, -0.2) is 14.8 Å². The van der Waals surface area contributed by atoms with Gasteiger partial charge in [0.2, 0.25) is 5.91 Å². The monoisotopic (exact) mass is 459 g/mol. The highest BCUT2D eigenvalue weighted by Crippen LogP contribution is 2.29. The Morgan fingerprint density at radius 1 is 1.09 bits per heavy atom. The number of rotatable bonds is 3. The van der Waals surface area contributed by atoms with Crippen LogP contribution < -0.4 is 17.0 Å². The maximum absolute atomic E-state index is 13.1. The summed E-state index contributed by atoms with van der Waals surface area (Å²) in [5.74, 6) is 0.433. The lowest BCUT2D eigenvalue weighted by Crippen LogP contribution is -2.43. The highest BCUT2D eigenvalue weighted by molar-refractivity contribution is 6.01. The number of pyridine rings is 3. The number of nitrogens with zero attached hydrogens (tertiary/aromatic N) is 5. The van der Waals surface area contributed by atoms with Gasteiger partial charge in [0.05, 0.1) is 22.1 Å². The Labute approximate surface area is 194 Å². The second-order valence-corrected chi connectivity index (χ2v) is 8.90. The fourth-order valence-corrected chi connectivity index (χ4v) is 4.56. The number of hydrogen-bond donors (Lipinski definition) is 2. The molecule has 0 aromatic carbocycles. The molecule has 4 aromatic heterocycles. The second-order valence-electron chi connectivity index (χ2n) is 8.90. The number of aromatic nitrogens is 5. The number of H-pyrrole nitrogens is 1. The van der Waals surface area contributed by atoms with Crippen LogP contribution in [0.3, 0.4) is 0 Å². The van der Waals surface area contributed by atoms with Crippen molar-refractivity contribution in [2.24, 2.45) is 5.92 Å². The maximum Gasteiger partial charge on any atom is 0.329 e. The van der Waals surface area contributed by atoms with Gasteiger partial charge < -0.3 is 10.6 Å². The number of piperidine rings is 1. The van der Waals surface area contributed by atoms with Crippen LogP contribution in [0.5, 0.6) is 0 Å². The smallest absolute Gasteiger partial charge is 0.329 e. The van der Waals surface area contributed by atoms with Gasteiger partial charge in [0.25, 0.3) is 5.56 Å². The van der Waals surface area contributed by atoms with Gasteiger partial charge in [-0.05, 0) is 37.1 Å². The van der Waals surface area contributed by atoms with Gasteiger partial charge in [-0.3, -0.25) is 24.1 Å². The third kappa shape index (κ3) is 3.70. The Morgan fingerprint density at radius 2 is 1.85 bits per heavy atom. The molecule has 0 bridgehead atoms. The number of carbonyl (C=O) groups is 1. The number of nitrogens with two attached hydrogens (primary N) is 1. The minimum absolute atomic E-state index is 0.0753. The topological polar surface area (TPSA) is 140 Å². The first-order valence-corrected chi connectivity index (χ1v) is 11.3. The van der Waals surface area contributed by atoms with Gasteiger partial charge in [0.15, 0.2) is 0 Å². The van der Waals surface area contributed by atoms with Crippen molar-refractivity contribution >= 4 is 33.7 Å². The number of likely N-dealkylation sites (tertiary alicyclic amines) is 1. The van der Waals surface area contributed by atoms with Crippen LogP contribution in [0.15, 0.2) is 46.2 Å². The summed E-state index contributed by atoms with van der Waals surface area (Å²) in [4.78, 5) is 55.7. The van der Waals surface area contributed by atoms with Crippen molar-refractivity contribution in [3.05, 3.63) is 57.5 Å². The summed E-state index contributed by atoms with van der Waals surface area (Å²) in [5, 5.41) is 0.299. The molecule has 3 N–H and O–H groups in total. The molecule has 0 spiro atoms. The van der Waals surface area contributed by atoms with E-state index in [0.29, 0.717) is 59.4 Å². The molecular weight excluding hydrogens is 434 g/mol. The Morgan fingerprint density at radius 3 is 2.53 bits per heavy atom. The van der Waals surface area contributed by atoms with Gasteiger partial charge in [-0.15, -0.1) is 0 Å². The number of hydrogen-bond acceptors (Lipinski definition) is 7. The number of nitrogens with one attached hydrogen (secondary N) is 1. The van der Waals surface area contributed by atoms with E-state index in [0.717, 1.165) is 5.56 Å². The third-order valence-electron chi connectivity index (χ3n) is 6.33. The second kappa shape index (κ2) is 8.36. The molecule has 4 aromatic rings. The Hall–Kier alpha value is -4.08. The normalized spacial score (nSPS) is 14.9. The van der Waals surface area contributed by atoms with Crippen LogP contribution in [0.4, 0.5) is 5.82 Å². The number of aromatic amines is 1. The summed E-state index contributed by atoms with van der Waals surface area (Å²) in [6, 6.07) is 6.96. The average Bonchev–Trinajstić information content (AvgIpc) is 2.84. The summed E-state index contributed by atoms with van der Waals surface area (Å²) in [5.41, 5.74) is 7.61. The molecular formula is C24H25N7O3. The number of amides is 1. The maximum atomic E-state index is 13.1. The summed E-state index contributed by atoms with van der Waals surface area (Å²) in [7, 11) is 0. The Bertz CT molecular complexity index is 1510. The van der Waals surface area contributed by atoms with E-state index in [1.54, 1.807) is 16.8 Å². The van der Waals surface area contributed by atoms with Crippen LogP contribution in [0, 0.1) is 5.92 Å². The van der Waals surface area contributed by atoms with E-state index in [9.17, 15) is 14.4 Å². The van der Waals surface area contributed by atoms with Gasteiger partial charge in [0.1, 0.15) is 11.3 Å².